The zero-order chi connectivity index (χ0) is 25.7. The second kappa shape index (κ2) is 8.91. The predicted molar refractivity (Wildman–Crippen MR) is 137 cm³/mol. The minimum Gasteiger partial charge on any atom is -0.497 e. The van der Waals surface area contributed by atoms with Gasteiger partial charge in [0.15, 0.2) is 4.80 Å². The van der Waals surface area contributed by atoms with Crippen LogP contribution in [-0.2, 0) is 14.3 Å². The van der Waals surface area contributed by atoms with Crippen molar-refractivity contribution >= 4 is 34.5 Å². The molecule has 0 aliphatic carbocycles. The number of methoxy groups -OCH3 is 1. The van der Waals surface area contributed by atoms with Crippen molar-refractivity contribution in [1.82, 2.24) is 4.57 Å². The Balaban J connectivity index is 1.82. The zero-order valence-corrected chi connectivity index (χ0v) is 21.4. The van der Waals surface area contributed by atoms with E-state index in [0.29, 0.717) is 32.9 Å². The van der Waals surface area contributed by atoms with Gasteiger partial charge < -0.3 is 14.4 Å². The smallest absolute Gasteiger partial charge is 0.338 e. The number of para-hydroxylation sites is 1. The van der Waals surface area contributed by atoms with Crippen molar-refractivity contribution in [3.63, 3.8) is 0 Å². The van der Waals surface area contributed by atoms with E-state index < -0.39 is 12.0 Å². The molecule has 1 amide bonds. The van der Waals surface area contributed by atoms with Gasteiger partial charge in [-0.2, -0.15) is 0 Å². The van der Waals surface area contributed by atoms with Gasteiger partial charge in [-0.1, -0.05) is 41.7 Å². The molecule has 5 rings (SSSR count). The molecule has 36 heavy (non-hydrogen) atoms. The SMILES string of the molecule is COc1cccc([C@@H]2C(C(=O)OC(C)C)=C(C)N=c3s/c(=C4/C(=O)N(C)c5ccccc54)c(=O)n32)c1. The minimum atomic E-state index is -0.790. The third-order valence-corrected chi connectivity index (χ3v) is 7.30. The third kappa shape index (κ3) is 3.67. The van der Waals surface area contributed by atoms with Gasteiger partial charge >= 0.3 is 5.97 Å². The average molecular weight is 504 g/mol. The Hall–Kier alpha value is -3.98. The summed E-state index contributed by atoms with van der Waals surface area (Å²) in [6.45, 7) is 5.27. The van der Waals surface area contributed by atoms with Crippen LogP contribution in [0.3, 0.4) is 0 Å². The number of nitrogens with zero attached hydrogens (tertiary/aromatic N) is 3. The molecular weight excluding hydrogens is 478 g/mol. The zero-order valence-electron chi connectivity index (χ0n) is 20.6. The van der Waals surface area contributed by atoms with Gasteiger partial charge in [-0.3, -0.25) is 14.2 Å². The van der Waals surface area contributed by atoms with Crippen LogP contribution in [0.5, 0.6) is 5.75 Å². The molecule has 2 aromatic carbocycles. The quantitative estimate of drug-likeness (QED) is 0.511. The number of aromatic nitrogens is 1. The number of benzene rings is 2. The van der Waals surface area contributed by atoms with Crippen LogP contribution in [0.4, 0.5) is 5.69 Å². The van der Waals surface area contributed by atoms with Crippen molar-refractivity contribution in [2.75, 3.05) is 19.1 Å². The molecule has 0 fully saturated rings. The number of ether oxygens (including phenoxy) is 2. The molecule has 2 aliphatic heterocycles. The van der Waals surface area contributed by atoms with Crippen molar-refractivity contribution in [3.8, 4) is 5.75 Å². The van der Waals surface area contributed by atoms with Gasteiger partial charge in [0.05, 0.1) is 41.8 Å². The van der Waals surface area contributed by atoms with E-state index in [4.69, 9.17) is 9.47 Å². The van der Waals surface area contributed by atoms with Gasteiger partial charge in [0, 0.05) is 12.6 Å². The number of carbonyl (C=O) groups excluding carboxylic acids is 2. The van der Waals surface area contributed by atoms with Crippen molar-refractivity contribution in [3.05, 3.63) is 90.6 Å². The van der Waals surface area contributed by atoms with E-state index in [-0.39, 0.29) is 27.7 Å². The number of carbonyl (C=O) groups is 2. The summed E-state index contributed by atoms with van der Waals surface area (Å²) in [6.07, 6.45) is -0.349. The number of thiazole rings is 1. The molecule has 0 saturated heterocycles. The lowest BCUT2D eigenvalue weighted by Crippen LogP contribution is -2.41. The molecule has 0 bridgehead atoms. The van der Waals surface area contributed by atoms with Crippen LogP contribution in [-0.4, -0.2) is 36.7 Å². The van der Waals surface area contributed by atoms with Crippen LogP contribution in [0.15, 0.2) is 69.6 Å². The minimum absolute atomic E-state index is 0.255. The van der Waals surface area contributed by atoms with Crippen LogP contribution in [0.25, 0.3) is 5.57 Å². The van der Waals surface area contributed by atoms with Crippen LogP contribution in [0.2, 0.25) is 0 Å². The summed E-state index contributed by atoms with van der Waals surface area (Å²) >= 11 is 1.15. The van der Waals surface area contributed by atoms with E-state index in [1.54, 1.807) is 58.0 Å². The van der Waals surface area contributed by atoms with Gasteiger partial charge in [-0.25, -0.2) is 9.79 Å². The summed E-state index contributed by atoms with van der Waals surface area (Å²) in [5.74, 6) is -0.209. The van der Waals surface area contributed by atoms with Crippen LogP contribution < -0.4 is 24.5 Å². The van der Waals surface area contributed by atoms with E-state index in [1.165, 1.54) is 4.57 Å². The maximum absolute atomic E-state index is 14.0. The molecule has 0 spiro atoms. The highest BCUT2D eigenvalue weighted by Gasteiger charge is 2.36. The van der Waals surface area contributed by atoms with Gasteiger partial charge in [0.25, 0.3) is 11.5 Å². The van der Waals surface area contributed by atoms with Crippen molar-refractivity contribution in [2.24, 2.45) is 4.99 Å². The van der Waals surface area contributed by atoms with Gasteiger partial charge in [-0.15, -0.1) is 0 Å². The molecule has 3 aromatic rings. The van der Waals surface area contributed by atoms with Crippen molar-refractivity contribution in [2.45, 2.75) is 32.9 Å². The summed E-state index contributed by atoms with van der Waals surface area (Å²) in [4.78, 5) is 47.1. The first-order valence-electron chi connectivity index (χ1n) is 11.5. The number of hydrogen-bond donors (Lipinski definition) is 0. The van der Waals surface area contributed by atoms with Crippen LogP contribution >= 0.6 is 11.3 Å². The lowest BCUT2D eigenvalue weighted by Gasteiger charge is -2.25. The van der Waals surface area contributed by atoms with Crippen molar-refractivity contribution in [1.29, 1.82) is 0 Å². The number of amides is 1. The molecule has 2 aliphatic rings. The molecule has 3 heterocycles. The maximum Gasteiger partial charge on any atom is 0.338 e. The number of esters is 1. The van der Waals surface area contributed by atoms with Crippen molar-refractivity contribution < 1.29 is 19.1 Å². The maximum atomic E-state index is 14.0. The number of anilines is 1. The van der Waals surface area contributed by atoms with E-state index >= 15 is 0 Å². The highest BCUT2D eigenvalue weighted by molar-refractivity contribution is 7.07. The summed E-state index contributed by atoms with van der Waals surface area (Å²) in [5.41, 5.74) is 2.80. The molecule has 0 radical (unpaired) electrons. The molecule has 0 saturated carbocycles. The summed E-state index contributed by atoms with van der Waals surface area (Å²) in [7, 11) is 3.25. The first kappa shape index (κ1) is 23.7. The molecule has 184 valence electrons. The Morgan fingerprint density at radius 2 is 1.86 bits per heavy atom. The molecule has 8 nitrogen and oxygen atoms in total. The van der Waals surface area contributed by atoms with E-state index in [0.717, 1.165) is 17.0 Å². The second-order valence-corrected chi connectivity index (χ2v) is 9.87. The van der Waals surface area contributed by atoms with Gasteiger partial charge in [0.2, 0.25) is 0 Å². The average Bonchev–Trinajstić information content (AvgIpc) is 3.30. The second-order valence-electron chi connectivity index (χ2n) is 8.89. The highest BCUT2D eigenvalue weighted by atomic mass is 32.1. The molecule has 0 unspecified atom stereocenters. The molecular formula is C27H25N3O5S. The first-order valence-corrected chi connectivity index (χ1v) is 12.3. The Bertz CT molecular complexity index is 1630. The first-order chi connectivity index (χ1) is 17.2. The summed E-state index contributed by atoms with van der Waals surface area (Å²) in [6, 6.07) is 13.8. The number of likely N-dealkylation sites (N-methyl/N-ethyl adjacent to an activating group) is 1. The Labute approximate surface area is 211 Å². The topological polar surface area (TPSA) is 90.2 Å². The summed E-state index contributed by atoms with van der Waals surface area (Å²) < 4.78 is 12.7. The lowest BCUT2D eigenvalue weighted by atomic mass is 9.95. The summed E-state index contributed by atoms with van der Waals surface area (Å²) in [5, 5.41) is 0. The van der Waals surface area contributed by atoms with Crippen LogP contribution in [0.1, 0.15) is 37.9 Å². The monoisotopic (exact) mass is 503 g/mol. The largest absolute Gasteiger partial charge is 0.497 e. The normalized spacial score (nSPS) is 18.2. The molecule has 1 aromatic heterocycles. The van der Waals surface area contributed by atoms with Crippen LogP contribution in [0, 0.1) is 0 Å². The van der Waals surface area contributed by atoms with Gasteiger partial charge in [0.1, 0.15) is 10.3 Å². The Kier molecular flexibility index (Phi) is 5.88. The number of fused-ring (bicyclic) bond motifs is 2. The number of hydrogen-bond acceptors (Lipinski definition) is 7. The van der Waals surface area contributed by atoms with E-state index in [9.17, 15) is 14.4 Å². The lowest BCUT2D eigenvalue weighted by molar-refractivity contribution is -0.143. The Morgan fingerprint density at radius 1 is 1.11 bits per heavy atom. The number of allylic oxidation sites excluding steroid dienone is 1. The predicted octanol–water partition coefficient (Wildman–Crippen LogP) is 2.54. The highest BCUT2D eigenvalue weighted by Crippen LogP contribution is 2.35. The molecule has 1 atom stereocenters. The standard InChI is InChI=1S/C27H25N3O5S/c1-14(2)35-26(33)20-15(3)28-27-30(22(20)16-9-8-10-17(13-16)34-5)25(32)23(36-27)21-18-11-6-7-12-19(18)29(4)24(21)31/h6-14,22H,1-5H3/b23-21+/t22-/m1/s1. The molecule has 0 N–H and O–H groups in total. The third-order valence-electron chi connectivity index (χ3n) is 6.25. The fraction of sp³-hybridized carbons (Fsp3) is 0.259. The fourth-order valence-electron chi connectivity index (χ4n) is 4.63. The van der Waals surface area contributed by atoms with E-state index in [2.05, 4.69) is 4.99 Å². The van der Waals surface area contributed by atoms with E-state index in [1.807, 2.05) is 30.3 Å². The fourth-order valence-corrected chi connectivity index (χ4v) is 5.76. The Morgan fingerprint density at radius 3 is 2.58 bits per heavy atom. The van der Waals surface area contributed by atoms with Gasteiger partial charge in [-0.05, 0) is 44.5 Å². The molecule has 9 heteroatoms. The number of rotatable bonds is 4.